The number of hydrogen-bond donors (Lipinski definition) is 1. The molecule has 2 N–H and O–H groups in total. The van der Waals surface area contributed by atoms with Crippen LogP contribution < -0.4 is 10.0 Å². The number of rotatable bonds is 3. The van der Waals surface area contributed by atoms with Crippen LogP contribution in [-0.4, -0.2) is 20.4 Å². The minimum absolute atomic E-state index is 0.251. The predicted molar refractivity (Wildman–Crippen MR) is 76.3 cm³/mol. The van der Waals surface area contributed by atoms with Gasteiger partial charge in [-0.1, -0.05) is 0 Å². The summed E-state index contributed by atoms with van der Waals surface area (Å²) in [5, 5.41) is 1.71. The summed E-state index contributed by atoms with van der Waals surface area (Å²) in [7, 11) is -2.14. The quantitative estimate of drug-likeness (QED) is 0.924. The van der Waals surface area contributed by atoms with Crippen LogP contribution in [0.25, 0.3) is 0 Å². The Hall–Kier alpha value is -1.12. The van der Waals surface area contributed by atoms with Crippen molar-refractivity contribution in [2.24, 2.45) is 0 Å². The van der Waals surface area contributed by atoms with E-state index < -0.39 is 10.0 Å². The van der Waals surface area contributed by atoms with Gasteiger partial charge in [-0.15, -0.1) is 11.3 Å². The lowest BCUT2D eigenvalue weighted by Gasteiger charge is -2.20. The van der Waals surface area contributed by atoms with E-state index >= 15 is 0 Å². The fourth-order valence-corrected chi connectivity index (χ4v) is 5.09. The van der Waals surface area contributed by atoms with Gasteiger partial charge in [0, 0.05) is 17.7 Å². The van der Waals surface area contributed by atoms with E-state index in [9.17, 15) is 8.42 Å². The molecule has 5 nitrogen and oxygen atoms in total. The summed E-state index contributed by atoms with van der Waals surface area (Å²) in [6, 6.07) is 3.26. The first-order valence-corrected chi connectivity index (χ1v) is 7.97. The third kappa shape index (κ3) is 2.23. The maximum absolute atomic E-state index is 12.4. The Kier molecular flexibility index (Phi) is 3.60. The van der Waals surface area contributed by atoms with Crippen molar-refractivity contribution in [3.63, 3.8) is 0 Å². The molecule has 2 aromatic heterocycles. The largest absolute Gasteiger partial charge is 0.396 e. The number of aromatic nitrogens is 1. The molecular formula is C10H10BrN3O2S2. The SMILES string of the molecule is CN(c1ccncc1N)S(=O)(=O)c1sccc1Br. The van der Waals surface area contributed by atoms with Crippen LogP contribution in [0.4, 0.5) is 11.4 Å². The van der Waals surface area contributed by atoms with E-state index in [-0.39, 0.29) is 4.21 Å². The summed E-state index contributed by atoms with van der Waals surface area (Å²) in [5.74, 6) is 0. The van der Waals surface area contributed by atoms with E-state index in [4.69, 9.17) is 5.73 Å². The van der Waals surface area contributed by atoms with E-state index in [1.54, 1.807) is 17.5 Å². The summed E-state index contributed by atoms with van der Waals surface area (Å²) in [6.45, 7) is 0. The molecule has 0 aliphatic carbocycles. The number of sulfonamides is 1. The van der Waals surface area contributed by atoms with Gasteiger partial charge >= 0.3 is 0 Å². The Labute approximate surface area is 117 Å². The summed E-state index contributed by atoms with van der Waals surface area (Å²) in [6.07, 6.45) is 2.92. The standard InChI is InChI=1S/C10H10BrN3O2S2/c1-14(9-2-4-13-6-8(9)12)18(15,16)10-7(11)3-5-17-10/h2-6H,12H2,1H3. The first kappa shape index (κ1) is 13.3. The van der Waals surface area contributed by atoms with Crippen LogP contribution >= 0.6 is 27.3 Å². The highest BCUT2D eigenvalue weighted by molar-refractivity contribution is 9.10. The zero-order chi connectivity index (χ0) is 13.3. The van der Waals surface area contributed by atoms with Crippen molar-refractivity contribution in [1.29, 1.82) is 0 Å². The van der Waals surface area contributed by atoms with Gasteiger partial charge in [-0.05, 0) is 33.4 Å². The van der Waals surface area contributed by atoms with Crippen molar-refractivity contribution >= 4 is 48.7 Å². The topological polar surface area (TPSA) is 76.3 Å². The van der Waals surface area contributed by atoms with Gasteiger partial charge in [0.05, 0.1) is 17.6 Å². The Morgan fingerprint density at radius 1 is 1.44 bits per heavy atom. The Bertz CT molecular complexity index is 669. The molecule has 0 amide bonds. The van der Waals surface area contributed by atoms with Crippen molar-refractivity contribution in [1.82, 2.24) is 4.98 Å². The van der Waals surface area contributed by atoms with E-state index in [0.717, 1.165) is 15.6 Å². The van der Waals surface area contributed by atoms with Gasteiger partial charge in [-0.25, -0.2) is 8.42 Å². The second-order valence-corrected chi connectivity index (χ2v) is 7.40. The van der Waals surface area contributed by atoms with Crippen molar-refractivity contribution in [3.05, 3.63) is 34.4 Å². The molecule has 0 aliphatic rings. The summed E-state index contributed by atoms with van der Waals surface area (Å²) in [4.78, 5) is 3.84. The smallest absolute Gasteiger partial charge is 0.274 e. The molecule has 0 aliphatic heterocycles. The van der Waals surface area contributed by atoms with Gasteiger partial charge in [-0.2, -0.15) is 0 Å². The van der Waals surface area contributed by atoms with Gasteiger partial charge in [0.2, 0.25) is 0 Å². The molecule has 2 aromatic rings. The second kappa shape index (κ2) is 4.87. The molecule has 0 radical (unpaired) electrons. The van der Waals surface area contributed by atoms with Gasteiger partial charge in [0.25, 0.3) is 10.0 Å². The molecule has 0 unspecified atom stereocenters. The zero-order valence-corrected chi connectivity index (χ0v) is 12.6. The summed E-state index contributed by atoms with van der Waals surface area (Å²) in [5.41, 5.74) is 6.46. The third-order valence-electron chi connectivity index (χ3n) is 2.35. The van der Waals surface area contributed by atoms with Crippen LogP contribution in [0.5, 0.6) is 0 Å². The van der Waals surface area contributed by atoms with Gasteiger partial charge < -0.3 is 5.73 Å². The van der Waals surface area contributed by atoms with E-state index in [1.807, 2.05) is 0 Å². The molecule has 0 atom stereocenters. The molecule has 0 spiro atoms. The second-order valence-electron chi connectivity index (χ2n) is 3.46. The fraction of sp³-hybridized carbons (Fsp3) is 0.100. The number of anilines is 2. The molecule has 0 aromatic carbocycles. The van der Waals surface area contributed by atoms with E-state index in [2.05, 4.69) is 20.9 Å². The fourth-order valence-electron chi connectivity index (χ4n) is 1.40. The maximum Gasteiger partial charge on any atom is 0.274 e. The minimum atomic E-state index is -3.60. The Balaban J connectivity index is 2.50. The summed E-state index contributed by atoms with van der Waals surface area (Å²) >= 11 is 4.37. The highest BCUT2D eigenvalue weighted by Crippen LogP contribution is 2.33. The molecule has 96 valence electrons. The number of pyridine rings is 1. The molecule has 18 heavy (non-hydrogen) atoms. The Morgan fingerprint density at radius 3 is 2.72 bits per heavy atom. The van der Waals surface area contributed by atoms with Crippen molar-refractivity contribution < 1.29 is 8.42 Å². The summed E-state index contributed by atoms with van der Waals surface area (Å²) < 4.78 is 26.7. The molecule has 0 saturated heterocycles. The van der Waals surface area contributed by atoms with Crippen LogP contribution in [0, 0.1) is 0 Å². The number of nitrogen functional groups attached to an aromatic ring is 1. The van der Waals surface area contributed by atoms with Crippen LogP contribution in [0.3, 0.4) is 0 Å². The first-order valence-electron chi connectivity index (χ1n) is 4.86. The lowest BCUT2D eigenvalue weighted by atomic mass is 10.3. The Morgan fingerprint density at radius 2 is 2.17 bits per heavy atom. The lowest BCUT2D eigenvalue weighted by Crippen LogP contribution is -2.26. The van der Waals surface area contributed by atoms with Gasteiger partial charge in [0.1, 0.15) is 0 Å². The van der Waals surface area contributed by atoms with E-state index in [1.165, 1.54) is 19.4 Å². The van der Waals surface area contributed by atoms with E-state index in [0.29, 0.717) is 15.8 Å². The normalized spacial score (nSPS) is 11.4. The maximum atomic E-state index is 12.4. The highest BCUT2D eigenvalue weighted by atomic mass is 79.9. The highest BCUT2D eigenvalue weighted by Gasteiger charge is 2.26. The van der Waals surface area contributed by atoms with Gasteiger partial charge in [-0.3, -0.25) is 9.29 Å². The van der Waals surface area contributed by atoms with Crippen molar-refractivity contribution in [2.45, 2.75) is 4.21 Å². The van der Waals surface area contributed by atoms with Crippen molar-refractivity contribution in [2.75, 3.05) is 17.1 Å². The van der Waals surface area contributed by atoms with Crippen LogP contribution in [0.2, 0.25) is 0 Å². The molecule has 0 bridgehead atoms. The number of halogens is 1. The molecule has 8 heteroatoms. The monoisotopic (exact) mass is 347 g/mol. The van der Waals surface area contributed by atoms with Crippen LogP contribution in [0.15, 0.2) is 38.6 Å². The molecule has 0 fully saturated rings. The lowest BCUT2D eigenvalue weighted by molar-refractivity contribution is 0.596. The van der Waals surface area contributed by atoms with Gasteiger partial charge in [0.15, 0.2) is 4.21 Å². The van der Waals surface area contributed by atoms with Crippen LogP contribution in [-0.2, 0) is 10.0 Å². The number of hydrogen-bond acceptors (Lipinski definition) is 5. The average Bonchev–Trinajstić information content (AvgIpc) is 2.76. The molecular weight excluding hydrogens is 338 g/mol. The first-order chi connectivity index (χ1) is 8.44. The zero-order valence-electron chi connectivity index (χ0n) is 9.37. The van der Waals surface area contributed by atoms with Crippen LogP contribution in [0.1, 0.15) is 0 Å². The molecule has 0 saturated carbocycles. The molecule has 2 heterocycles. The molecule has 2 rings (SSSR count). The number of thiophene rings is 1. The average molecular weight is 348 g/mol. The predicted octanol–water partition coefficient (Wildman–Crippen LogP) is 2.31. The third-order valence-corrected chi connectivity index (χ3v) is 6.77. The van der Waals surface area contributed by atoms with Crippen molar-refractivity contribution in [3.8, 4) is 0 Å². The number of nitrogens with two attached hydrogens (primary N) is 1. The number of nitrogens with zero attached hydrogens (tertiary/aromatic N) is 2. The minimum Gasteiger partial charge on any atom is -0.396 e.